The summed E-state index contributed by atoms with van der Waals surface area (Å²) in [6.45, 7) is 9.09. The molecule has 32 heavy (non-hydrogen) atoms. The predicted molar refractivity (Wildman–Crippen MR) is 129 cm³/mol. The summed E-state index contributed by atoms with van der Waals surface area (Å²) in [6, 6.07) is 14.0. The maximum absolute atomic E-state index is 11.7. The molecule has 0 aliphatic rings. The Morgan fingerprint density at radius 3 is 2.78 bits per heavy atom. The number of carbonyl (C=O) groups is 1. The standard InChI is InChI=1S/C26H31N3O3/c1-5-9-20-13-14-23(24(18-20)31-4)32-17-16-29-22-11-7-6-10-21(22)28-25(29)12-8-15-27-26(30)19(2)3/h5-7,9-11,13-14,18H,2,8,12,15-17H2,1,3-4H3,(H,27,30)/b9-5+. The molecule has 6 heteroatoms. The number of ether oxygens (including phenoxy) is 2. The number of nitrogens with one attached hydrogen (secondary N) is 1. The molecule has 0 spiro atoms. The number of amides is 1. The van der Waals surface area contributed by atoms with E-state index in [1.807, 2.05) is 55.5 Å². The highest BCUT2D eigenvalue weighted by atomic mass is 16.5. The maximum atomic E-state index is 11.7. The monoisotopic (exact) mass is 433 g/mol. The van der Waals surface area contributed by atoms with Gasteiger partial charge in [0.1, 0.15) is 12.4 Å². The Morgan fingerprint density at radius 2 is 2.03 bits per heavy atom. The van der Waals surface area contributed by atoms with Crippen LogP contribution in [0.5, 0.6) is 11.5 Å². The van der Waals surface area contributed by atoms with E-state index < -0.39 is 0 Å². The summed E-state index contributed by atoms with van der Waals surface area (Å²) in [7, 11) is 1.65. The number of carbonyl (C=O) groups excluding carboxylic acids is 1. The Kier molecular flexibility index (Phi) is 8.08. The van der Waals surface area contributed by atoms with Crippen LogP contribution in [-0.4, -0.2) is 35.7 Å². The van der Waals surface area contributed by atoms with E-state index >= 15 is 0 Å². The van der Waals surface area contributed by atoms with Crippen LogP contribution in [0.1, 0.15) is 31.7 Å². The molecule has 0 saturated carbocycles. The summed E-state index contributed by atoms with van der Waals surface area (Å²) >= 11 is 0. The fourth-order valence-electron chi connectivity index (χ4n) is 3.51. The summed E-state index contributed by atoms with van der Waals surface area (Å²) in [6.07, 6.45) is 5.57. The molecule has 3 aromatic rings. The van der Waals surface area contributed by atoms with E-state index in [1.165, 1.54) is 0 Å². The number of imidazole rings is 1. The minimum atomic E-state index is -0.110. The topological polar surface area (TPSA) is 65.4 Å². The van der Waals surface area contributed by atoms with Crippen LogP contribution in [-0.2, 0) is 17.8 Å². The number of rotatable bonds is 11. The van der Waals surface area contributed by atoms with Crippen molar-refractivity contribution in [3.63, 3.8) is 0 Å². The highest BCUT2D eigenvalue weighted by Crippen LogP contribution is 2.29. The SMILES string of the molecule is C=C(C)C(=O)NCCCc1nc2ccccc2n1CCOc1ccc(/C=C/C)cc1OC. The van der Waals surface area contributed by atoms with Crippen molar-refractivity contribution in [3.05, 3.63) is 72.1 Å². The molecule has 0 atom stereocenters. The largest absolute Gasteiger partial charge is 0.493 e. The van der Waals surface area contributed by atoms with Crippen LogP contribution in [0.3, 0.4) is 0 Å². The molecule has 6 nitrogen and oxygen atoms in total. The van der Waals surface area contributed by atoms with Crippen molar-refractivity contribution in [2.75, 3.05) is 20.3 Å². The number of methoxy groups -OCH3 is 1. The number of fused-ring (bicyclic) bond motifs is 1. The number of allylic oxidation sites excluding steroid dienone is 1. The lowest BCUT2D eigenvalue weighted by Gasteiger charge is -2.13. The molecular weight excluding hydrogens is 402 g/mol. The highest BCUT2D eigenvalue weighted by molar-refractivity contribution is 5.92. The quantitative estimate of drug-likeness (QED) is 0.349. The molecule has 0 aliphatic heterocycles. The van der Waals surface area contributed by atoms with Crippen LogP contribution in [0.2, 0.25) is 0 Å². The summed E-state index contributed by atoms with van der Waals surface area (Å²) in [5, 5.41) is 2.88. The molecule has 0 bridgehead atoms. The fourth-order valence-corrected chi connectivity index (χ4v) is 3.51. The van der Waals surface area contributed by atoms with E-state index in [9.17, 15) is 4.79 Å². The zero-order valence-electron chi connectivity index (χ0n) is 19.1. The molecule has 168 valence electrons. The second kappa shape index (κ2) is 11.2. The Hall–Kier alpha value is -3.54. The van der Waals surface area contributed by atoms with Gasteiger partial charge in [-0.25, -0.2) is 4.98 Å². The third kappa shape index (κ3) is 5.78. The first-order chi connectivity index (χ1) is 15.5. The van der Waals surface area contributed by atoms with Gasteiger partial charge in [0.2, 0.25) is 5.91 Å². The molecule has 3 rings (SSSR count). The molecule has 1 N–H and O–H groups in total. The van der Waals surface area contributed by atoms with Gasteiger partial charge in [0.25, 0.3) is 0 Å². The third-order valence-electron chi connectivity index (χ3n) is 5.10. The summed E-state index contributed by atoms with van der Waals surface area (Å²) < 4.78 is 13.7. The third-order valence-corrected chi connectivity index (χ3v) is 5.10. The Bertz CT molecular complexity index is 1110. The molecule has 1 aromatic heterocycles. The minimum absolute atomic E-state index is 0.110. The van der Waals surface area contributed by atoms with Crippen LogP contribution in [0.4, 0.5) is 0 Å². The van der Waals surface area contributed by atoms with Crippen molar-refractivity contribution in [1.82, 2.24) is 14.9 Å². The second-order valence-corrected chi connectivity index (χ2v) is 7.57. The number of hydrogen-bond donors (Lipinski definition) is 1. The van der Waals surface area contributed by atoms with Gasteiger partial charge in [-0.2, -0.15) is 0 Å². The van der Waals surface area contributed by atoms with Crippen molar-refractivity contribution in [3.8, 4) is 11.5 Å². The molecule has 0 saturated heterocycles. The van der Waals surface area contributed by atoms with Gasteiger partial charge in [-0.1, -0.05) is 36.9 Å². The van der Waals surface area contributed by atoms with E-state index in [1.54, 1.807) is 14.0 Å². The van der Waals surface area contributed by atoms with E-state index in [2.05, 4.69) is 22.5 Å². The molecule has 0 fully saturated rings. The van der Waals surface area contributed by atoms with Crippen LogP contribution in [0.25, 0.3) is 17.1 Å². The molecular formula is C26H31N3O3. The predicted octanol–water partition coefficient (Wildman–Crippen LogP) is 4.78. The number of aryl methyl sites for hydroxylation is 1. The van der Waals surface area contributed by atoms with Crippen LogP contribution in [0.15, 0.2) is 60.7 Å². The van der Waals surface area contributed by atoms with Crippen molar-refractivity contribution in [1.29, 1.82) is 0 Å². The molecule has 0 aliphatic carbocycles. The Labute approximate surface area is 189 Å². The smallest absolute Gasteiger partial charge is 0.246 e. The second-order valence-electron chi connectivity index (χ2n) is 7.57. The van der Waals surface area contributed by atoms with Gasteiger partial charge in [-0.05, 0) is 50.1 Å². The molecule has 0 unspecified atom stereocenters. The average Bonchev–Trinajstić information content (AvgIpc) is 3.14. The Morgan fingerprint density at radius 1 is 1.22 bits per heavy atom. The lowest BCUT2D eigenvalue weighted by atomic mass is 10.2. The van der Waals surface area contributed by atoms with Gasteiger partial charge in [0.15, 0.2) is 11.5 Å². The first kappa shape index (κ1) is 23.1. The molecule has 0 radical (unpaired) electrons. The molecule has 2 aromatic carbocycles. The van der Waals surface area contributed by atoms with E-state index in [4.69, 9.17) is 14.5 Å². The Balaban J connectivity index is 1.68. The maximum Gasteiger partial charge on any atom is 0.246 e. The van der Waals surface area contributed by atoms with E-state index in [0.29, 0.717) is 36.8 Å². The molecule has 1 heterocycles. The van der Waals surface area contributed by atoms with Crippen molar-refractivity contribution in [2.24, 2.45) is 0 Å². The lowest BCUT2D eigenvalue weighted by molar-refractivity contribution is -0.117. The lowest BCUT2D eigenvalue weighted by Crippen LogP contribution is -2.25. The van der Waals surface area contributed by atoms with Gasteiger partial charge in [0, 0.05) is 18.5 Å². The average molecular weight is 434 g/mol. The van der Waals surface area contributed by atoms with Gasteiger partial charge in [-0.15, -0.1) is 0 Å². The minimum Gasteiger partial charge on any atom is -0.493 e. The number of hydrogen-bond acceptors (Lipinski definition) is 4. The fraction of sp³-hybridized carbons (Fsp3) is 0.308. The van der Waals surface area contributed by atoms with Crippen LogP contribution >= 0.6 is 0 Å². The first-order valence-corrected chi connectivity index (χ1v) is 10.8. The van der Waals surface area contributed by atoms with Crippen molar-refractivity contribution >= 4 is 23.0 Å². The van der Waals surface area contributed by atoms with Gasteiger partial charge in [0.05, 0.1) is 24.7 Å². The normalized spacial score (nSPS) is 11.1. The number of nitrogens with zero attached hydrogens (tertiary/aromatic N) is 2. The summed E-state index contributed by atoms with van der Waals surface area (Å²) in [4.78, 5) is 16.5. The van der Waals surface area contributed by atoms with Crippen molar-refractivity contribution in [2.45, 2.75) is 33.2 Å². The zero-order chi connectivity index (χ0) is 22.9. The highest BCUT2D eigenvalue weighted by Gasteiger charge is 2.12. The van der Waals surface area contributed by atoms with Gasteiger partial charge >= 0.3 is 0 Å². The van der Waals surface area contributed by atoms with Crippen LogP contribution < -0.4 is 14.8 Å². The summed E-state index contributed by atoms with van der Waals surface area (Å²) in [5.74, 6) is 2.30. The zero-order valence-corrected chi connectivity index (χ0v) is 19.1. The van der Waals surface area contributed by atoms with Gasteiger partial charge < -0.3 is 19.4 Å². The van der Waals surface area contributed by atoms with Crippen LogP contribution in [0, 0.1) is 0 Å². The van der Waals surface area contributed by atoms with Crippen molar-refractivity contribution < 1.29 is 14.3 Å². The number of para-hydroxylation sites is 2. The van der Waals surface area contributed by atoms with Gasteiger partial charge in [-0.3, -0.25) is 4.79 Å². The summed E-state index contributed by atoms with van der Waals surface area (Å²) in [5.41, 5.74) is 3.62. The number of benzene rings is 2. The number of aromatic nitrogens is 2. The first-order valence-electron chi connectivity index (χ1n) is 10.8. The molecule has 1 amide bonds. The van der Waals surface area contributed by atoms with E-state index in [-0.39, 0.29) is 5.91 Å². The van der Waals surface area contributed by atoms with E-state index in [0.717, 1.165) is 35.3 Å².